The Morgan fingerprint density at radius 3 is 2.56 bits per heavy atom. The lowest BCUT2D eigenvalue weighted by Gasteiger charge is -2.44. The van der Waals surface area contributed by atoms with E-state index >= 15 is 4.39 Å². The van der Waals surface area contributed by atoms with Gasteiger partial charge < -0.3 is 20.0 Å². The summed E-state index contributed by atoms with van der Waals surface area (Å²) >= 11 is 1.48. The number of halogens is 2. The topological polar surface area (TPSA) is 21.8 Å². The SMILES string of the molecule is C=C1c2cc(C)cc(C(C)Nc3ccc(F)cc3SC)c2C(F)=C(N2CCN(C)C(C)C2)N1C. The molecular formula is C27H34F2N4S. The Morgan fingerprint density at radius 1 is 1.15 bits per heavy atom. The van der Waals surface area contributed by atoms with Crippen LogP contribution in [0, 0.1) is 12.7 Å². The first kappa shape index (κ1) is 24.6. The summed E-state index contributed by atoms with van der Waals surface area (Å²) in [6.45, 7) is 13.0. The van der Waals surface area contributed by atoms with Gasteiger partial charge in [-0.3, -0.25) is 0 Å². The molecule has 1 fully saturated rings. The molecule has 2 aliphatic heterocycles. The van der Waals surface area contributed by atoms with Gasteiger partial charge in [0.25, 0.3) is 0 Å². The third-order valence-electron chi connectivity index (χ3n) is 7.02. The normalized spacial score (nSPS) is 20.0. The minimum atomic E-state index is -0.269. The van der Waals surface area contributed by atoms with Crippen LogP contribution in [0.1, 0.15) is 42.1 Å². The smallest absolute Gasteiger partial charge is 0.172 e. The average Bonchev–Trinajstić information content (AvgIpc) is 2.80. The van der Waals surface area contributed by atoms with Crippen molar-refractivity contribution in [2.75, 3.05) is 45.3 Å². The summed E-state index contributed by atoms with van der Waals surface area (Å²) in [6.07, 6.45) is 1.92. The summed E-state index contributed by atoms with van der Waals surface area (Å²) in [5.41, 5.74) is 4.97. The second kappa shape index (κ2) is 9.62. The standard InChI is InChI=1S/C27H34F2N4S/c1-16-12-21(18(3)30-23-9-8-20(28)14-24(23)34-7)25-22(13-16)19(4)32(6)27(26(25)29)33-11-10-31(5)17(2)15-33/h8-9,12-14,17-18,30H,4,10-11,15H2,1-3,5-7H3. The van der Waals surface area contributed by atoms with Crippen molar-refractivity contribution < 1.29 is 8.78 Å². The number of benzene rings is 2. The molecule has 0 radical (unpaired) electrons. The maximum absolute atomic E-state index is 16.4. The molecule has 0 amide bonds. The van der Waals surface area contributed by atoms with Gasteiger partial charge in [-0.05, 0) is 63.9 Å². The molecular weight excluding hydrogens is 450 g/mol. The molecule has 34 heavy (non-hydrogen) atoms. The van der Waals surface area contributed by atoms with Gasteiger partial charge >= 0.3 is 0 Å². The molecule has 0 aliphatic carbocycles. The number of hydrogen-bond acceptors (Lipinski definition) is 5. The van der Waals surface area contributed by atoms with Gasteiger partial charge in [-0.1, -0.05) is 18.2 Å². The zero-order chi connectivity index (χ0) is 24.7. The Balaban J connectivity index is 1.79. The number of thioether (sulfide) groups is 1. The van der Waals surface area contributed by atoms with Crippen LogP contribution in [0.15, 0.2) is 47.6 Å². The molecule has 1 saturated heterocycles. The van der Waals surface area contributed by atoms with Gasteiger partial charge in [0.05, 0.1) is 0 Å². The quantitative estimate of drug-likeness (QED) is 0.511. The van der Waals surface area contributed by atoms with Crippen molar-refractivity contribution in [1.82, 2.24) is 14.7 Å². The van der Waals surface area contributed by atoms with Crippen LogP contribution < -0.4 is 5.32 Å². The number of fused-ring (bicyclic) bond motifs is 1. The molecule has 182 valence electrons. The van der Waals surface area contributed by atoms with E-state index in [-0.39, 0.29) is 17.7 Å². The van der Waals surface area contributed by atoms with Gasteiger partial charge in [0.1, 0.15) is 11.6 Å². The molecule has 0 saturated carbocycles. The van der Waals surface area contributed by atoms with Crippen LogP contribution >= 0.6 is 11.8 Å². The summed E-state index contributed by atoms with van der Waals surface area (Å²) in [7, 11) is 4.01. The van der Waals surface area contributed by atoms with Crippen LogP contribution in [0.3, 0.4) is 0 Å². The third kappa shape index (κ3) is 4.43. The molecule has 0 bridgehead atoms. The molecule has 4 nitrogen and oxygen atoms in total. The second-order valence-electron chi connectivity index (χ2n) is 9.41. The number of anilines is 1. The Morgan fingerprint density at radius 2 is 1.88 bits per heavy atom. The Labute approximate surface area is 206 Å². The number of likely N-dealkylation sites (N-methyl/N-ethyl adjacent to an activating group) is 1. The molecule has 0 spiro atoms. The number of rotatable bonds is 5. The fourth-order valence-corrected chi connectivity index (χ4v) is 5.46. The Bertz CT molecular complexity index is 1150. The molecule has 2 atom stereocenters. The minimum absolute atomic E-state index is 0.195. The highest BCUT2D eigenvalue weighted by Crippen LogP contribution is 2.43. The van der Waals surface area contributed by atoms with E-state index in [1.165, 1.54) is 23.9 Å². The van der Waals surface area contributed by atoms with E-state index in [1.54, 1.807) is 6.07 Å². The van der Waals surface area contributed by atoms with E-state index in [2.05, 4.69) is 35.7 Å². The first-order chi connectivity index (χ1) is 16.1. The van der Waals surface area contributed by atoms with Gasteiger partial charge in [0, 0.05) is 66.2 Å². The highest BCUT2D eigenvalue weighted by atomic mass is 32.2. The molecule has 0 aromatic heterocycles. The molecule has 2 unspecified atom stereocenters. The summed E-state index contributed by atoms with van der Waals surface area (Å²) in [5, 5.41) is 3.50. The van der Waals surface area contributed by atoms with Crippen molar-refractivity contribution in [2.24, 2.45) is 0 Å². The van der Waals surface area contributed by atoms with Crippen LogP contribution in [0.2, 0.25) is 0 Å². The van der Waals surface area contributed by atoms with Crippen LogP contribution in [-0.2, 0) is 0 Å². The van der Waals surface area contributed by atoms with E-state index in [0.29, 0.717) is 17.4 Å². The van der Waals surface area contributed by atoms with Crippen LogP contribution in [0.5, 0.6) is 0 Å². The average molecular weight is 485 g/mol. The lowest BCUT2D eigenvalue weighted by molar-refractivity contribution is 0.113. The first-order valence-corrected chi connectivity index (χ1v) is 12.9. The number of nitrogens with one attached hydrogen (secondary N) is 1. The number of piperazine rings is 1. The Kier molecular flexibility index (Phi) is 6.97. The predicted octanol–water partition coefficient (Wildman–Crippen LogP) is 6.18. The Hall–Kier alpha value is -2.51. The van der Waals surface area contributed by atoms with Crippen molar-refractivity contribution >= 4 is 29.0 Å². The van der Waals surface area contributed by atoms with Crippen LogP contribution in [0.25, 0.3) is 11.5 Å². The molecule has 2 aromatic carbocycles. The molecule has 2 aromatic rings. The minimum Gasteiger partial charge on any atom is -0.378 e. The summed E-state index contributed by atoms with van der Waals surface area (Å²) in [4.78, 5) is 7.15. The first-order valence-electron chi connectivity index (χ1n) is 11.6. The van der Waals surface area contributed by atoms with E-state index in [9.17, 15) is 4.39 Å². The predicted molar refractivity (Wildman–Crippen MR) is 140 cm³/mol. The largest absolute Gasteiger partial charge is 0.378 e. The summed E-state index contributed by atoms with van der Waals surface area (Å²) in [5.74, 6) is 0.102. The number of hydrogen-bond donors (Lipinski definition) is 1. The summed E-state index contributed by atoms with van der Waals surface area (Å²) in [6, 6.07) is 8.91. The van der Waals surface area contributed by atoms with E-state index in [0.717, 1.165) is 52.6 Å². The fraction of sp³-hybridized carbons (Fsp3) is 0.407. The third-order valence-corrected chi connectivity index (χ3v) is 7.80. The molecule has 2 aliphatic rings. The second-order valence-corrected chi connectivity index (χ2v) is 10.3. The van der Waals surface area contributed by atoms with Gasteiger partial charge in [-0.25, -0.2) is 8.78 Å². The van der Waals surface area contributed by atoms with Crippen molar-refractivity contribution in [3.8, 4) is 0 Å². The molecule has 2 heterocycles. The summed E-state index contributed by atoms with van der Waals surface area (Å²) < 4.78 is 30.2. The molecule has 7 heteroatoms. The maximum Gasteiger partial charge on any atom is 0.172 e. The van der Waals surface area contributed by atoms with Crippen LogP contribution in [0.4, 0.5) is 14.5 Å². The van der Waals surface area contributed by atoms with Gasteiger partial charge in [0.2, 0.25) is 0 Å². The van der Waals surface area contributed by atoms with Crippen molar-refractivity contribution in [2.45, 2.75) is 37.8 Å². The molecule has 1 N–H and O–H groups in total. The lowest BCUT2D eigenvalue weighted by atomic mass is 9.89. The van der Waals surface area contributed by atoms with Gasteiger partial charge in [-0.2, -0.15) is 0 Å². The zero-order valence-corrected chi connectivity index (χ0v) is 21.7. The number of aryl methyl sites for hydroxylation is 1. The van der Waals surface area contributed by atoms with Gasteiger partial charge in [0.15, 0.2) is 5.83 Å². The maximum atomic E-state index is 16.4. The molecule has 4 rings (SSSR count). The monoisotopic (exact) mass is 484 g/mol. The lowest BCUT2D eigenvalue weighted by Crippen LogP contribution is -2.51. The van der Waals surface area contributed by atoms with Crippen molar-refractivity contribution in [3.63, 3.8) is 0 Å². The van der Waals surface area contributed by atoms with Crippen LogP contribution in [-0.4, -0.2) is 60.7 Å². The zero-order valence-electron chi connectivity index (χ0n) is 20.9. The van der Waals surface area contributed by atoms with E-state index < -0.39 is 0 Å². The number of nitrogens with zero attached hydrogens (tertiary/aromatic N) is 3. The highest BCUT2D eigenvalue weighted by Gasteiger charge is 2.35. The van der Waals surface area contributed by atoms with Gasteiger partial charge in [-0.15, -0.1) is 11.8 Å². The highest BCUT2D eigenvalue weighted by molar-refractivity contribution is 7.98. The van der Waals surface area contributed by atoms with Crippen molar-refractivity contribution in [3.05, 3.63) is 70.8 Å². The van der Waals surface area contributed by atoms with Crippen molar-refractivity contribution in [1.29, 1.82) is 0 Å². The fourth-order valence-electron chi connectivity index (χ4n) is 4.88. The van der Waals surface area contributed by atoms with E-state index in [1.807, 2.05) is 44.2 Å². The van der Waals surface area contributed by atoms with E-state index in [4.69, 9.17) is 0 Å².